The zero-order valence-electron chi connectivity index (χ0n) is 32.1. The molecule has 0 radical (unpaired) electrons. The van der Waals surface area contributed by atoms with Crippen LogP contribution in [-0.4, -0.2) is 83.9 Å². The zero-order chi connectivity index (χ0) is 36.8. The number of nitrogens with zero attached hydrogens (tertiary/aromatic N) is 4. The second kappa shape index (κ2) is 19.7. The van der Waals surface area contributed by atoms with E-state index in [1.54, 1.807) is 25.3 Å². The highest BCUT2D eigenvalue weighted by Gasteiger charge is 2.36. The van der Waals surface area contributed by atoms with Gasteiger partial charge in [-0.3, -0.25) is 14.4 Å². The first-order valence-electron chi connectivity index (χ1n) is 17.8. The fourth-order valence-corrected chi connectivity index (χ4v) is 5.28. The number of hydrogen-bond acceptors (Lipinski definition) is 8. The summed E-state index contributed by atoms with van der Waals surface area (Å²) >= 11 is 0. The van der Waals surface area contributed by atoms with Crippen molar-refractivity contribution < 1.29 is 23.9 Å². The molecule has 1 N–H and O–H groups in total. The van der Waals surface area contributed by atoms with Crippen LogP contribution >= 0.6 is 0 Å². The zero-order valence-corrected chi connectivity index (χ0v) is 32.1. The second-order valence-electron chi connectivity index (χ2n) is 15.5. The van der Waals surface area contributed by atoms with Gasteiger partial charge in [0.2, 0.25) is 12.3 Å². The van der Waals surface area contributed by atoms with E-state index in [1.165, 1.54) is 17.5 Å². The number of methoxy groups -OCH3 is 2. The number of fused-ring (bicyclic) bond motifs is 1. The van der Waals surface area contributed by atoms with Gasteiger partial charge in [-0.2, -0.15) is 0 Å². The van der Waals surface area contributed by atoms with Crippen LogP contribution in [0.3, 0.4) is 0 Å². The summed E-state index contributed by atoms with van der Waals surface area (Å²) in [6, 6.07) is 8.08. The molecule has 10 nitrogen and oxygen atoms in total. The molecule has 10 heteroatoms. The molecule has 2 aromatic rings. The van der Waals surface area contributed by atoms with Crippen LogP contribution in [0.15, 0.2) is 30.5 Å². The molecule has 0 spiro atoms. The third kappa shape index (κ3) is 14.2. The molecular weight excluding hydrogens is 618 g/mol. The van der Waals surface area contributed by atoms with Gasteiger partial charge in [0.25, 0.3) is 0 Å². The Morgan fingerprint density at radius 1 is 1.04 bits per heavy atom. The van der Waals surface area contributed by atoms with Gasteiger partial charge in [-0.1, -0.05) is 72.2 Å². The number of Topliss-reactive ketones (excluding diaryl/α,β-unsaturated/α-hetero) is 1. The summed E-state index contributed by atoms with van der Waals surface area (Å²) in [4.78, 5) is 51.4. The van der Waals surface area contributed by atoms with Crippen LogP contribution in [0.1, 0.15) is 115 Å². The van der Waals surface area contributed by atoms with Crippen molar-refractivity contribution in [1.82, 2.24) is 19.8 Å². The number of aromatic nitrogens is 2. The predicted molar refractivity (Wildman–Crippen MR) is 196 cm³/mol. The van der Waals surface area contributed by atoms with Crippen LogP contribution < -0.4 is 5.32 Å². The highest BCUT2D eigenvalue weighted by Crippen LogP contribution is 2.31. The lowest BCUT2D eigenvalue weighted by Gasteiger charge is -2.36. The van der Waals surface area contributed by atoms with Gasteiger partial charge in [-0.05, 0) is 56.6 Å². The minimum atomic E-state index is -0.327. The second-order valence-corrected chi connectivity index (χ2v) is 15.5. The van der Waals surface area contributed by atoms with Gasteiger partial charge < -0.3 is 24.6 Å². The largest absolute Gasteiger partial charge is 0.385 e. The van der Waals surface area contributed by atoms with Crippen molar-refractivity contribution in [2.45, 2.75) is 112 Å². The number of hydrogen-bond donors (Lipinski definition) is 1. The van der Waals surface area contributed by atoms with Gasteiger partial charge in [0.15, 0.2) is 5.78 Å². The first-order chi connectivity index (χ1) is 23.0. The number of carbonyl (C=O) groups excluding carboxylic acids is 3. The highest BCUT2D eigenvalue weighted by atomic mass is 16.5. The number of amides is 2. The summed E-state index contributed by atoms with van der Waals surface area (Å²) in [6.45, 7) is 22.0. The first-order valence-corrected chi connectivity index (χ1v) is 17.8. The average molecular weight is 682 g/mol. The Labute approximate surface area is 295 Å². The molecule has 49 heavy (non-hydrogen) atoms. The van der Waals surface area contributed by atoms with Gasteiger partial charge >= 0.3 is 0 Å². The molecule has 2 amide bonds. The molecule has 1 saturated heterocycles. The maximum Gasteiger partial charge on any atom is 0.228 e. The van der Waals surface area contributed by atoms with Crippen molar-refractivity contribution in [2.24, 2.45) is 17.8 Å². The Morgan fingerprint density at radius 3 is 2.12 bits per heavy atom. The van der Waals surface area contributed by atoms with E-state index < -0.39 is 0 Å². The van der Waals surface area contributed by atoms with Crippen molar-refractivity contribution in [3.8, 4) is 0 Å². The van der Waals surface area contributed by atoms with Gasteiger partial charge in [0.05, 0.1) is 17.1 Å². The SMILES string of the molecule is CCC(C)C.COC(C)(C)C.COCCCNc1nc(C(C)(C)C)ncc1C(=O)CC1CC(C(=O)N2Cc3ccccc3C2)CN(C=O)C1. The summed E-state index contributed by atoms with van der Waals surface area (Å²) in [6.07, 6.45) is 5.28. The Kier molecular flexibility index (Phi) is 16.8. The number of benzene rings is 1. The molecule has 4 rings (SSSR count). The maximum absolute atomic E-state index is 13.5. The molecule has 0 saturated carbocycles. The molecule has 1 aromatic carbocycles. The summed E-state index contributed by atoms with van der Waals surface area (Å²) in [5, 5.41) is 3.29. The molecule has 2 aliphatic rings. The van der Waals surface area contributed by atoms with Crippen molar-refractivity contribution in [3.63, 3.8) is 0 Å². The molecular formula is C39H63N5O5. The predicted octanol–water partition coefficient (Wildman–Crippen LogP) is 6.92. The maximum atomic E-state index is 13.5. The lowest BCUT2D eigenvalue weighted by molar-refractivity contribution is -0.140. The smallest absolute Gasteiger partial charge is 0.228 e. The molecule has 1 fully saturated rings. The molecule has 2 aliphatic heterocycles. The fourth-order valence-electron chi connectivity index (χ4n) is 5.28. The van der Waals surface area contributed by atoms with Crippen molar-refractivity contribution >= 4 is 23.9 Å². The molecule has 274 valence electrons. The summed E-state index contributed by atoms with van der Waals surface area (Å²) in [5.74, 6) is 1.58. The number of carbonyl (C=O) groups is 3. The first kappa shape index (κ1) is 41.8. The number of piperidine rings is 1. The van der Waals surface area contributed by atoms with E-state index in [2.05, 4.69) is 43.2 Å². The number of rotatable bonds is 11. The number of anilines is 1. The summed E-state index contributed by atoms with van der Waals surface area (Å²) in [5.41, 5.74) is 2.55. The van der Waals surface area contributed by atoms with Crippen LogP contribution in [0.5, 0.6) is 0 Å². The Bertz CT molecular complexity index is 1310. The number of ketones is 1. The van der Waals surface area contributed by atoms with E-state index in [9.17, 15) is 14.4 Å². The van der Waals surface area contributed by atoms with Gasteiger partial charge in [-0.15, -0.1) is 0 Å². The van der Waals surface area contributed by atoms with Crippen molar-refractivity contribution in [2.75, 3.05) is 45.8 Å². The van der Waals surface area contributed by atoms with Crippen molar-refractivity contribution in [3.05, 3.63) is 53.0 Å². The molecule has 2 unspecified atom stereocenters. The molecule has 0 bridgehead atoms. The Morgan fingerprint density at radius 2 is 1.63 bits per heavy atom. The van der Waals surface area contributed by atoms with E-state index in [4.69, 9.17) is 14.5 Å². The monoisotopic (exact) mass is 681 g/mol. The quantitative estimate of drug-likeness (QED) is 0.155. The van der Waals surface area contributed by atoms with Crippen LogP contribution in [0.4, 0.5) is 5.82 Å². The standard InChI is InChI=1S/C29H39N5O4.C5H12O.C5H12/c1-29(2,3)28-31-14-24(26(32-28)30-10-7-11-38-4)25(36)13-20-12-23(16-33(15-20)19-35)27(37)34-17-21-8-5-6-9-22(21)18-34;1-5(2,3)6-4;1-4-5(2)3/h5-6,8-9,14,19-20,23H,7,10-13,15-18H2,1-4H3,(H,30,31,32);1-4H3;5H,4H2,1-3H3. The lowest BCUT2D eigenvalue weighted by atomic mass is 9.84. The van der Waals surface area contributed by atoms with E-state index in [0.29, 0.717) is 63.0 Å². The molecule has 2 atom stereocenters. The third-order valence-electron chi connectivity index (χ3n) is 8.70. The van der Waals surface area contributed by atoms with E-state index in [0.717, 1.165) is 18.7 Å². The molecule has 3 heterocycles. The minimum Gasteiger partial charge on any atom is -0.385 e. The Hall–Kier alpha value is -3.37. The highest BCUT2D eigenvalue weighted by molar-refractivity contribution is 6.00. The molecule has 1 aromatic heterocycles. The van der Waals surface area contributed by atoms with Crippen LogP contribution in [0, 0.1) is 17.8 Å². The van der Waals surface area contributed by atoms with Gasteiger partial charge in [-0.25, -0.2) is 9.97 Å². The summed E-state index contributed by atoms with van der Waals surface area (Å²) in [7, 11) is 3.37. The summed E-state index contributed by atoms with van der Waals surface area (Å²) < 4.78 is 10.1. The van der Waals surface area contributed by atoms with Gasteiger partial charge in [0.1, 0.15) is 11.6 Å². The van der Waals surface area contributed by atoms with E-state index >= 15 is 0 Å². The third-order valence-corrected chi connectivity index (χ3v) is 8.70. The normalized spacial score (nSPS) is 17.4. The fraction of sp³-hybridized carbons (Fsp3) is 0.667. The minimum absolute atomic E-state index is 0.0417. The average Bonchev–Trinajstić information content (AvgIpc) is 3.50. The van der Waals surface area contributed by atoms with Crippen LogP contribution in [-0.2, 0) is 37.6 Å². The van der Waals surface area contributed by atoms with Crippen LogP contribution in [0.2, 0.25) is 0 Å². The Balaban J connectivity index is 0.000000656. The topological polar surface area (TPSA) is 114 Å². The lowest BCUT2D eigenvalue weighted by Crippen LogP contribution is -2.46. The number of ether oxygens (including phenoxy) is 2. The molecule has 0 aliphatic carbocycles. The van der Waals surface area contributed by atoms with Crippen molar-refractivity contribution in [1.29, 1.82) is 0 Å². The number of likely N-dealkylation sites (tertiary alicyclic amines) is 1. The van der Waals surface area contributed by atoms with Crippen LogP contribution in [0.25, 0.3) is 0 Å². The van der Waals surface area contributed by atoms with E-state index in [1.807, 2.05) is 58.6 Å². The van der Waals surface area contributed by atoms with E-state index in [-0.39, 0.29) is 41.0 Å². The van der Waals surface area contributed by atoms with Gasteiger partial charge in [0, 0.05) is 71.6 Å². The number of nitrogens with one attached hydrogen (secondary N) is 1.